The first-order valence-corrected chi connectivity index (χ1v) is 13.5. The van der Waals surface area contributed by atoms with Gasteiger partial charge in [-0.3, -0.25) is 0 Å². The Morgan fingerprint density at radius 3 is 1.97 bits per heavy atom. The first kappa shape index (κ1) is 23.0. The Hall–Kier alpha value is -1.64. The van der Waals surface area contributed by atoms with Gasteiger partial charge in [-0.15, -0.1) is 0 Å². The third kappa shape index (κ3) is 4.36. The van der Waals surface area contributed by atoms with Crippen LogP contribution in [0.25, 0.3) is 0 Å². The van der Waals surface area contributed by atoms with Crippen LogP contribution in [0.3, 0.4) is 0 Å². The van der Waals surface area contributed by atoms with Gasteiger partial charge in [0.1, 0.15) is 0 Å². The summed E-state index contributed by atoms with van der Waals surface area (Å²) in [5, 5.41) is 2.79. The number of allylic oxidation sites excluding steroid dienone is 2. The van der Waals surface area contributed by atoms with Gasteiger partial charge in [-0.25, -0.2) is 0 Å². The Morgan fingerprint density at radius 2 is 1.50 bits per heavy atom. The van der Waals surface area contributed by atoms with E-state index in [1.165, 1.54) is 29.6 Å². The zero-order valence-electron chi connectivity index (χ0n) is 19.9. The highest BCUT2D eigenvalue weighted by Crippen LogP contribution is 2.45. The molecule has 0 heterocycles. The van der Waals surface area contributed by atoms with E-state index in [-0.39, 0.29) is 5.04 Å². The van der Waals surface area contributed by atoms with Crippen molar-refractivity contribution in [2.45, 2.75) is 72.3 Å². The lowest BCUT2D eigenvalue weighted by Crippen LogP contribution is -2.66. The summed E-state index contributed by atoms with van der Waals surface area (Å²) in [5.74, 6) is 0.746. The predicted molar refractivity (Wildman–Crippen MR) is 133 cm³/mol. The van der Waals surface area contributed by atoms with Crippen molar-refractivity contribution in [1.29, 1.82) is 0 Å². The molecule has 1 aliphatic rings. The molecule has 0 saturated heterocycles. The highest BCUT2D eigenvalue weighted by molar-refractivity contribution is 6.99. The molecule has 0 spiro atoms. The first-order valence-electron chi connectivity index (χ1n) is 11.6. The minimum absolute atomic E-state index is 0.0492. The van der Waals surface area contributed by atoms with Crippen LogP contribution in [0.1, 0.15) is 67.2 Å². The number of rotatable bonds is 7. The summed E-state index contributed by atoms with van der Waals surface area (Å²) in [7, 11) is -2.41. The SMILES string of the molecule is CC1=CCC[C@@H](C)[C@]1(C)CCCO[Si](c1ccccc1)(c1ccccc1)C(C)(C)C. The van der Waals surface area contributed by atoms with Crippen molar-refractivity contribution in [3.05, 3.63) is 72.3 Å². The second-order valence-electron chi connectivity index (χ2n) is 10.4. The largest absolute Gasteiger partial charge is 0.407 e. The fourth-order valence-electron chi connectivity index (χ4n) is 5.36. The van der Waals surface area contributed by atoms with Crippen LogP contribution in [0.15, 0.2) is 72.3 Å². The molecule has 30 heavy (non-hydrogen) atoms. The van der Waals surface area contributed by atoms with Gasteiger partial charge in [0.25, 0.3) is 8.32 Å². The molecule has 0 fully saturated rings. The molecule has 0 unspecified atom stereocenters. The Morgan fingerprint density at radius 1 is 0.967 bits per heavy atom. The number of benzene rings is 2. The Labute approximate surface area is 185 Å². The average molecular weight is 421 g/mol. The molecule has 0 N–H and O–H groups in total. The Kier molecular flexibility index (Phi) is 7.09. The zero-order valence-corrected chi connectivity index (χ0v) is 20.9. The maximum atomic E-state index is 7.09. The zero-order chi connectivity index (χ0) is 21.8. The van der Waals surface area contributed by atoms with E-state index in [4.69, 9.17) is 4.43 Å². The molecule has 1 nitrogen and oxygen atoms in total. The third-order valence-corrected chi connectivity index (χ3v) is 12.7. The van der Waals surface area contributed by atoms with Crippen molar-refractivity contribution in [3.8, 4) is 0 Å². The van der Waals surface area contributed by atoms with Crippen LogP contribution in [-0.2, 0) is 4.43 Å². The number of hydrogen-bond donors (Lipinski definition) is 0. The van der Waals surface area contributed by atoms with Gasteiger partial charge in [0.15, 0.2) is 0 Å². The van der Waals surface area contributed by atoms with Crippen LogP contribution in [0.5, 0.6) is 0 Å². The second-order valence-corrected chi connectivity index (χ2v) is 14.7. The van der Waals surface area contributed by atoms with Gasteiger partial charge in [-0.05, 0) is 59.4 Å². The monoisotopic (exact) mass is 420 g/mol. The highest BCUT2D eigenvalue weighted by Gasteiger charge is 2.50. The standard InChI is InChI=1S/C28H40OSi/c1-23-15-13-16-24(2)28(23,6)21-14-22-29-30(27(3,4)5,25-17-9-7-10-18-25)26-19-11-8-12-20-26/h7-12,15,17-20,24H,13-14,16,21-22H2,1-6H3/t24-,28-/m1/s1. The summed E-state index contributed by atoms with van der Waals surface area (Å²) in [6.45, 7) is 15.1. The molecular weight excluding hydrogens is 380 g/mol. The van der Waals surface area contributed by atoms with E-state index in [2.05, 4.69) is 108 Å². The summed E-state index contributed by atoms with van der Waals surface area (Å²) >= 11 is 0. The molecular formula is C28H40OSi. The highest BCUT2D eigenvalue weighted by atomic mass is 28.4. The van der Waals surface area contributed by atoms with E-state index in [0.29, 0.717) is 5.41 Å². The maximum Gasteiger partial charge on any atom is 0.261 e. The molecule has 0 amide bonds. The molecule has 0 bridgehead atoms. The van der Waals surface area contributed by atoms with Crippen LogP contribution in [0, 0.1) is 11.3 Å². The molecule has 2 aromatic carbocycles. The van der Waals surface area contributed by atoms with Crippen LogP contribution < -0.4 is 10.4 Å². The van der Waals surface area contributed by atoms with Crippen LogP contribution in [0.2, 0.25) is 5.04 Å². The van der Waals surface area contributed by atoms with Gasteiger partial charge in [-0.2, -0.15) is 0 Å². The molecule has 0 radical (unpaired) electrons. The van der Waals surface area contributed by atoms with E-state index in [0.717, 1.165) is 18.9 Å². The van der Waals surface area contributed by atoms with Crippen LogP contribution in [0.4, 0.5) is 0 Å². The lowest BCUT2D eigenvalue weighted by Gasteiger charge is -2.44. The Bertz CT molecular complexity index is 794. The van der Waals surface area contributed by atoms with Gasteiger partial charge in [0.05, 0.1) is 0 Å². The second kappa shape index (κ2) is 9.24. The van der Waals surface area contributed by atoms with E-state index >= 15 is 0 Å². The molecule has 0 aliphatic heterocycles. The lowest BCUT2D eigenvalue weighted by atomic mass is 9.65. The van der Waals surface area contributed by atoms with Crippen molar-refractivity contribution in [2.75, 3.05) is 6.61 Å². The first-order chi connectivity index (χ1) is 14.2. The summed E-state index contributed by atoms with van der Waals surface area (Å²) in [4.78, 5) is 0. The maximum absolute atomic E-state index is 7.09. The molecule has 2 aromatic rings. The fraction of sp³-hybridized carbons (Fsp3) is 0.500. The van der Waals surface area contributed by atoms with Gasteiger partial charge in [-0.1, -0.05) is 107 Å². The minimum Gasteiger partial charge on any atom is -0.407 e. The van der Waals surface area contributed by atoms with Gasteiger partial charge >= 0.3 is 0 Å². The molecule has 0 saturated carbocycles. The van der Waals surface area contributed by atoms with E-state index < -0.39 is 8.32 Å². The molecule has 2 heteroatoms. The molecule has 3 rings (SSSR count). The van der Waals surface area contributed by atoms with Crippen molar-refractivity contribution < 1.29 is 4.43 Å². The third-order valence-electron chi connectivity index (χ3n) is 7.61. The normalized spacial score (nSPS) is 22.6. The van der Waals surface area contributed by atoms with Crippen molar-refractivity contribution >= 4 is 18.7 Å². The number of hydrogen-bond acceptors (Lipinski definition) is 1. The van der Waals surface area contributed by atoms with Gasteiger partial charge < -0.3 is 4.43 Å². The van der Waals surface area contributed by atoms with Crippen molar-refractivity contribution in [1.82, 2.24) is 0 Å². The summed E-state index contributed by atoms with van der Waals surface area (Å²) in [6, 6.07) is 22.0. The topological polar surface area (TPSA) is 9.23 Å². The van der Waals surface area contributed by atoms with E-state index in [9.17, 15) is 0 Å². The van der Waals surface area contributed by atoms with E-state index in [1.54, 1.807) is 5.57 Å². The summed E-state index contributed by atoms with van der Waals surface area (Å²) < 4.78 is 7.09. The Balaban J connectivity index is 1.87. The smallest absolute Gasteiger partial charge is 0.261 e. The molecule has 1 aliphatic carbocycles. The van der Waals surface area contributed by atoms with Crippen molar-refractivity contribution in [2.24, 2.45) is 11.3 Å². The summed E-state index contributed by atoms with van der Waals surface area (Å²) in [6.07, 6.45) is 7.32. The molecule has 162 valence electrons. The summed E-state index contributed by atoms with van der Waals surface area (Å²) in [5.41, 5.74) is 1.89. The fourth-order valence-corrected chi connectivity index (χ4v) is 9.97. The minimum atomic E-state index is -2.41. The van der Waals surface area contributed by atoms with Crippen LogP contribution in [-0.4, -0.2) is 14.9 Å². The van der Waals surface area contributed by atoms with Gasteiger partial charge in [0, 0.05) is 6.61 Å². The van der Waals surface area contributed by atoms with E-state index in [1.807, 2.05) is 0 Å². The lowest BCUT2D eigenvalue weighted by molar-refractivity contribution is 0.185. The average Bonchev–Trinajstić information content (AvgIpc) is 2.73. The molecule has 0 aromatic heterocycles. The van der Waals surface area contributed by atoms with Gasteiger partial charge in [0.2, 0.25) is 0 Å². The molecule has 2 atom stereocenters. The van der Waals surface area contributed by atoms with Crippen LogP contribution >= 0.6 is 0 Å². The van der Waals surface area contributed by atoms with Crippen molar-refractivity contribution in [3.63, 3.8) is 0 Å². The predicted octanol–water partition coefficient (Wildman–Crippen LogP) is 6.73. The quantitative estimate of drug-likeness (QED) is 0.274.